The molecule has 0 radical (unpaired) electrons. The number of hydrogen-bond acceptors (Lipinski definition) is 4. The lowest BCUT2D eigenvalue weighted by Gasteiger charge is -2.31. The minimum absolute atomic E-state index is 0.144. The molecule has 2 heterocycles. The second kappa shape index (κ2) is 7.43. The molecule has 0 aromatic carbocycles. The van der Waals surface area contributed by atoms with Crippen LogP contribution in [0.5, 0.6) is 0 Å². The van der Waals surface area contributed by atoms with Crippen LogP contribution in [0.15, 0.2) is 17.5 Å². The number of piperidine rings is 1. The Morgan fingerprint density at radius 1 is 1.50 bits per heavy atom. The Morgan fingerprint density at radius 3 is 3.05 bits per heavy atom. The highest BCUT2D eigenvalue weighted by atomic mass is 32.1. The molecule has 1 fully saturated rings. The van der Waals surface area contributed by atoms with E-state index in [1.807, 2.05) is 23.3 Å². The summed E-state index contributed by atoms with van der Waals surface area (Å²) in [6.07, 6.45) is 3.02. The van der Waals surface area contributed by atoms with Gasteiger partial charge in [0.1, 0.15) is 0 Å². The van der Waals surface area contributed by atoms with E-state index in [0.29, 0.717) is 19.6 Å². The largest absolute Gasteiger partial charge is 0.466 e. The lowest BCUT2D eigenvalue weighted by Crippen LogP contribution is -2.42. The predicted octanol–water partition coefficient (Wildman–Crippen LogP) is 2.48. The molecule has 0 N–H and O–H groups in total. The van der Waals surface area contributed by atoms with E-state index in [1.54, 1.807) is 11.3 Å². The summed E-state index contributed by atoms with van der Waals surface area (Å²) in [4.78, 5) is 27.0. The quantitative estimate of drug-likeness (QED) is 0.784. The van der Waals surface area contributed by atoms with E-state index in [9.17, 15) is 9.59 Å². The maximum Gasteiger partial charge on any atom is 0.310 e. The fraction of sp³-hybridized carbons (Fsp3) is 0.600. The summed E-state index contributed by atoms with van der Waals surface area (Å²) in [7, 11) is 0. The predicted molar refractivity (Wildman–Crippen MR) is 78.6 cm³/mol. The van der Waals surface area contributed by atoms with Crippen LogP contribution in [0.3, 0.4) is 0 Å². The molecule has 1 amide bonds. The van der Waals surface area contributed by atoms with E-state index < -0.39 is 0 Å². The Morgan fingerprint density at radius 2 is 2.35 bits per heavy atom. The van der Waals surface area contributed by atoms with E-state index in [4.69, 9.17) is 4.74 Å². The van der Waals surface area contributed by atoms with Crippen LogP contribution in [0.2, 0.25) is 0 Å². The molecule has 110 valence electrons. The number of rotatable bonds is 5. The van der Waals surface area contributed by atoms with Crippen LogP contribution in [0, 0.1) is 5.92 Å². The Balaban J connectivity index is 1.81. The van der Waals surface area contributed by atoms with Crippen molar-refractivity contribution in [2.24, 2.45) is 5.92 Å². The number of likely N-dealkylation sites (tertiary alicyclic amines) is 1. The first kappa shape index (κ1) is 15.0. The van der Waals surface area contributed by atoms with Gasteiger partial charge in [-0.1, -0.05) is 6.07 Å². The number of nitrogens with zero attached hydrogens (tertiary/aromatic N) is 1. The maximum absolute atomic E-state index is 12.2. The molecular weight excluding hydrogens is 274 g/mol. The number of carbonyl (C=O) groups excluding carboxylic acids is 2. The lowest BCUT2D eigenvalue weighted by atomic mass is 9.98. The van der Waals surface area contributed by atoms with E-state index in [2.05, 4.69) is 6.07 Å². The van der Waals surface area contributed by atoms with Crippen molar-refractivity contribution in [3.63, 3.8) is 0 Å². The van der Waals surface area contributed by atoms with Gasteiger partial charge in [0.2, 0.25) is 5.91 Å². The van der Waals surface area contributed by atoms with Gasteiger partial charge in [-0.15, -0.1) is 11.3 Å². The van der Waals surface area contributed by atoms with Gasteiger partial charge >= 0.3 is 5.97 Å². The van der Waals surface area contributed by atoms with E-state index in [-0.39, 0.29) is 17.8 Å². The summed E-state index contributed by atoms with van der Waals surface area (Å²) < 4.78 is 5.05. The molecule has 20 heavy (non-hydrogen) atoms. The molecular formula is C15H21NO3S. The summed E-state index contributed by atoms with van der Waals surface area (Å²) in [6.45, 7) is 3.49. The Hall–Kier alpha value is -1.36. The fourth-order valence-corrected chi connectivity index (χ4v) is 3.21. The van der Waals surface area contributed by atoms with Crippen molar-refractivity contribution in [3.8, 4) is 0 Å². The zero-order chi connectivity index (χ0) is 14.4. The van der Waals surface area contributed by atoms with Gasteiger partial charge in [-0.25, -0.2) is 0 Å². The second-order valence-corrected chi connectivity index (χ2v) is 6.04. The van der Waals surface area contributed by atoms with Crippen molar-refractivity contribution in [2.75, 3.05) is 19.7 Å². The Bertz CT molecular complexity index is 444. The Kier molecular flexibility index (Phi) is 5.59. The molecule has 4 nitrogen and oxygen atoms in total. The van der Waals surface area contributed by atoms with E-state index in [1.165, 1.54) is 4.88 Å². The highest BCUT2D eigenvalue weighted by Gasteiger charge is 2.28. The first-order valence-electron chi connectivity index (χ1n) is 7.17. The third-order valence-corrected chi connectivity index (χ3v) is 4.50. The van der Waals surface area contributed by atoms with Crippen LogP contribution in [-0.4, -0.2) is 36.5 Å². The zero-order valence-electron chi connectivity index (χ0n) is 11.8. The summed E-state index contributed by atoms with van der Waals surface area (Å²) in [5.41, 5.74) is 0. The minimum atomic E-state index is -0.164. The van der Waals surface area contributed by atoms with Gasteiger partial charge in [0.25, 0.3) is 0 Å². The number of ether oxygens (including phenoxy) is 1. The van der Waals surface area contributed by atoms with Crippen LogP contribution < -0.4 is 0 Å². The number of amides is 1. The van der Waals surface area contributed by atoms with Crippen LogP contribution in [0.4, 0.5) is 0 Å². The molecule has 1 aromatic heterocycles. The zero-order valence-corrected chi connectivity index (χ0v) is 12.7. The highest BCUT2D eigenvalue weighted by molar-refractivity contribution is 7.09. The SMILES string of the molecule is CCOC(=O)[C@H]1CCCN(C(=O)CCc2cccs2)C1. The van der Waals surface area contributed by atoms with Gasteiger partial charge in [0.15, 0.2) is 0 Å². The van der Waals surface area contributed by atoms with Crippen LogP contribution >= 0.6 is 11.3 Å². The second-order valence-electron chi connectivity index (χ2n) is 5.01. The number of aryl methyl sites for hydroxylation is 1. The number of thiophene rings is 1. The topological polar surface area (TPSA) is 46.6 Å². The van der Waals surface area contributed by atoms with Crippen LogP contribution in [0.1, 0.15) is 31.1 Å². The molecule has 0 bridgehead atoms. The van der Waals surface area contributed by atoms with Crippen LogP contribution in [-0.2, 0) is 20.7 Å². The van der Waals surface area contributed by atoms with Crippen LogP contribution in [0.25, 0.3) is 0 Å². The van der Waals surface area contributed by atoms with Gasteiger partial charge in [0.05, 0.1) is 12.5 Å². The minimum Gasteiger partial charge on any atom is -0.466 e. The van der Waals surface area contributed by atoms with Gasteiger partial charge in [-0.3, -0.25) is 9.59 Å². The highest BCUT2D eigenvalue weighted by Crippen LogP contribution is 2.19. The van der Waals surface area contributed by atoms with Crippen molar-refractivity contribution < 1.29 is 14.3 Å². The molecule has 1 atom stereocenters. The molecule has 0 spiro atoms. The monoisotopic (exact) mass is 295 g/mol. The molecule has 0 aliphatic carbocycles. The Labute approximate surface area is 123 Å². The van der Waals surface area contributed by atoms with Gasteiger partial charge in [-0.2, -0.15) is 0 Å². The van der Waals surface area contributed by atoms with Crippen molar-refractivity contribution in [2.45, 2.75) is 32.6 Å². The maximum atomic E-state index is 12.2. The number of esters is 1. The van der Waals surface area contributed by atoms with Crippen molar-refractivity contribution in [3.05, 3.63) is 22.4 Å². The first-order valence-corrected chi connectivity index (χ1v) is 8.05. The molecule has 1 saturated heterocycles. The molecule has 0 unspecified atom stereocenters. The third-order valence-electron chi connectivity index (χ3n) is 3.56. The summed E-state index contributed by atoms with van der Waals surface area (Å²) in [6, 6.07) is 4.05. The average Bonchev–Trinajstić information content (AvgIpc) is 2.98. The van der Waals surface area contributed by atoms with Crippen molar-refractivity contribution in [1.29, 1.82) is 0 Å². The summed E-state index contributed by atoms with van der Waals surface area (Å²) in [5, 5.41) is 2.03. The molecule has 1 aromatic rings. The number of hydrogen-bond donors (Lipinski definition) is 0. The molecule has 2 rings (SSSR count). The molecule has 1 aliphatic heterocycles. The standard InChI is InChI=1S/C15H21NO3S/c1-2-19-15(18)12-5-3-9-16(11-12)14(17)8-7-13-6-4-10-20-13/h4,6,10,12H,2-3,5,7-9,11H2,1H3/t12-/m0/s1. The summed E-state index contributed by atoms with van der Waals surface area (Å²) >= 11 is 1.68. The van der Waals surface area contributed by atoms with Gasteiger partial charge in [-0.05, 0) is 37.6 Å². The smallest absolute Gasteiger partial charge is 0.310 e. The van der Waals surface area contributed by atoms with E-state index >= 15 is 0 Å². The summed E-state index contributed by atoms with van der Waals surface area (Å²) in [5.74, 6) is -0.162. The molecule has 5 heteroatoms. The lowest BCUT2D eigenvalue weighted by molar-refractivity contribution is -0.151. The molecule has 1 aliphatic rings. The van der Waals surface area contributed by atoms with Gasteiger partial charge in [0, 0.05) is 24.4 Å². The molecule has 0 saturated carbocycles. The number of carbonyl (C=O) groups is 2. The third kappa shape index (κ3) is 4.07. The first-order chi connectivity index (χ1) is 9.70. The van der Waals surface area contributed by atoms with E-state index in [0.717, 1.165) is 25.8 Å². The average molecular weight is 295 g/mol. The normalized spacial score (nSPS) is 18.9. The fourth-order valence-electron chi connectivity index (χ4n) is 2.50. The van der Waals surface area contributed by atoms with Crippen molar-refractivity contribution >= 4 is 23.2 Å². The van der Waals surface area contributed by atoms with Gasteiger partial charge < -0.3 is 9.64 Å². The van der Waals surface area contributed by atoms with Crippen molar-refractivity contribution in [1.82, 2.24) is 4.90 Å².